The summed E-state index contributed by atoms with van der Waals surface area (Å²) in [6.45, 7) is 10.6. The average molecular weight is 726 g/mol. The van der Waals surface area contributed by atoms with Gasteiger partial charge in [0.05, 0.1) is 12.0 Å². The van der Waals surface area contributed by atoms with Gasteiger partial charge in [0.25, 0.3) is 5.91 Å². The maximum Gasteiger partial charge on any atom is 0.306 e. The fourth-order valence-electron chi connectivity index (χ4n) is 7.02. The molecule has 2 aliphatic rings. The monoisotopic (exact) mass is 725 g/mol. The minimum atomic E-state index is -0.941. The number of piperidine rings is 1. The minimum Gasteiger partial charge on any atom is -0.481 e. The van der Waals surface area contributed by atoms with Crippen LogP contribution in [0.1, 0.15) is 107 Å². The maximum absolute atomic E-state index is 14.1. The molecule has 2 fully saturated rings. The molecule has 2 aromatic rings. The molecule has 51 heavy (non-hydrogen) atoms. The highest BCUT2D eigenvalue weighted by Crippen LogP contribution is 2.36. The van der Waals surface area contributed by atoms with Gasteiger partial charge in [-0.25, -0.2) is 4.98 Å². The van der Waals surface area contributed by atoms with E-state index < -0.39 is 42.0 Å². The summed E-state index contributed by atoms with van der Waals surface area (Å²) in [4.78, 5) is 73.5. The van der Waals surface area contributed by atoms with Crippen LogP contribution in [-0.2, 0) is 30.3 Å². The van der Waals surface area contributed by atoms with Gasteiger partial charge in [0, 0.05) is 37.9 Å². The zero-order chi connectivity index (χ0) is 37.2. The van der Waals surface area contributed by atoms with Crippen LogP contribution in [0.25, 0.3) is 0 Å². The van der Waals surface area contributed by atoms with Gasteiger partial charge >= 0.3 is 11.9 Å². The summed E-state index contributed by atoms with van der Waals surface area (Å²) in [5.41, 5.74) is 1.10. The number of nitrogens with one attached hydrogen (secondary N) is 2. The van der Waals surface area contributed by atoms with Gasteiger partial charge in [0.15, 0.2) is 6.10 Å². The number of carboxylic acids is 1. The van der Waals surface area contributed by atoms with E-state index in [-0.39, 0.29) is 54.3 Å². The molecule has 13 heteroatoms. The van der Waals surface area contributed by atoms with Crippen LogP contribution in [0.3, 0.4) is 0 Å². The molecule has 1 aliphatic heterocycles. The smallest absolute Gasteiger partial charge is 0.306 e. The van der Waals surface area contributed by atoms with Crippen molar-refractivity contribution in [3.63, 3.8) is 0 Å². The number of thiazole rings is 1. The number of hydrogen-bond donors (Lipinski definition) is 3. The third-order valence-electron chi connectivity index (χ3n) is 10.1. The Kier molecular flexibility index (Phi) is 14.6. The Morgan fingerprint density at radius 1 is 1.04 bits per heavy atom. The van der Waals surface area contributed by atoms with E-state index in [1.54, 1.807) is 24.3 Å². The van der Waals surface area contributed by atoms with Crippen LogP contribution in [0, 0.1) is 17.8 Å². The molecule has 0 unspecified atom stereocenters. The molecule has 2 heterocycles. The number of esters is 1. The predicted octanol–water partition coefficient (Wildman–Crippen LogP) is 4.84. The lowest BCUT2D eigenvalue weighted by Gasteiger charge is -2.37. The van der Waals surface area contributed by atoms with Crippen LogP contribution < -0.4 is 10.6 Å². The highest BCUT2D eigenvalue weighted by Gasteiger charge is 2.42. The van der Waals surface area contributed by atoms with Crippen LogP contribution >= 0.6 is 11.3 Å². The van der Waals surface area contributed by atoms with Gasteiger partial charge < -0.3 is 25.4 Å². The van der Waals surface area contributed by atoms with Gasteiger partial charge in [0.1, 0.15) is 16.7 Å². The molecule has 1 saturated heterocycles. The molecule has 1 aliphatic carbocycles. The van der Waals surface area contributed by atoms with Gasteiger partial charge in [-0.3, -0.25) is 28.9 Å². The molecule has 12 nitrogen and oxygen atoms in total. The van der Waals surface area contributed by atoms with E-state index in [2.05, 4.69) is 27.4 Å². The largest absolute Gasteiger partial charge is 0.481 e. The lowest BCUT2D eigenvalue weighted by Crippen LogP contribution is -2.57. The number of amides is 3. The Morgan fingerprint density at radius 3 is 2.35 bits per heavy atom. The number of nitrogens with zero attached hydrogens (tertiary/aromatic N) is 3. The number of rotatable bonds is 18. The van der Waals surface area contributed by atoms with E-state index in [4.69, 9.17) is 4.74 Å². The quantitative estimate of drug-likeness (QED) is 0.183. The second-order valence-corrected chi connectivity index (χ2v) is 15.4. The number of likely N-dealkylation sites (tertiary alicyclic amines) is 1. The van der Waals surface area contributed by atoms with Crippen molar-refractivity contribution in [3.05, 3.63) is 52.0 Å². The Labute approximate surface area is 305 Å². The van der Waals surface area contributed by atoms with E-state index in [0.29, 0.717) is 11.4 Å². The lowest BCUT2D eigenvalue weighted by molar-refractivity contribution is -0.149. The van der Waals surface area contributed by atoms with E-state index >= 15 is 0 Å². The number of carbonyl (C=O) groups excluding carboxylic acids is 4. The van der Waals surface area contributed by atoms with Crippen molar-refractivity contribution < 1.29 is 33.8 Å². The molecule has 1 aromatic carbocycles. The Bertz CT molecular complexity index is 1500. The number of benzene rings is 1. The number of hydrogen-bond acceptors (Lipinski definition) is 9. The number of carbonyl (C=O) groups is 5. The molecule has 280 valence electrons. The number of aromatic nitrogens is 1. The molecule has 1 saturated carbocycles. The predicted molar refractivity (Wildman–Crippen MR) is 195 cm³/mol. The van der Waals surface area contributed by atoms with Crippen molar-refractivity contribution in [1.82, 2.24) is 25.4 Å². The van der Waals surface area contributed by atoms with E-state index in [0.717, 1.165) is 50.8 Å². The molecule has 4 rings (SSSR count). The first-order valence-electron chi connectivity index (χ1n) is 18.3. The van der Waals surface area contributed by atoms with Crippen LogP contribution in [0.5, 0.6) is 0 Å². The average Bonchev–Trinajstić information content (AvgIpc) is 3.82. The second-order valence-electron chi connectivity index (χ2n) is 14.5. The topological polar surface area (TPSA) is 158 Å². The molecule has 3 N–H and O–H groups in total. The van der Waals surface area contributed by atoms with Crippen LogP contribution in [0.15, 0.2) is 35.7 Å². The zero-order valence-electron chi connectivity index (χ0n) is 30.8. The Morgan fingerprint density at radius 2 is 1.75 bits per heavy atom. The molecular formula is C38H55N5O7S. The maximum atomic E-state index is 14.1. The van der Waals surface area contributed by atoms with E-state index in [9.17, 15) is 29.1 Å². The normalized spacial score (nSPS) is 19.3. The SMILES string of the molecule is CCN1CCCC[C@@H]1C(=O)N[C@H](C(=O)N(C)[C@H](C[C@@H](OC(C)=O)c1nc(C(=O)N[C@@H](Cc2ccccc2)C[C@H](C)C(=O)O)cs1)C(C)C)C1CC1. The molecule has 0 spiro atoms. The van der Waals surface area contributed by atoms with Crippen molar-refractivity contribution >= 4 is 41.0 Å². The van der Waals surface area contributed by atoms with Crippen molar-refractivity contribution in [3.8, 4) is 0 Å². The number of carboxylic acid groups (broad SMARTS) is 1. The second kappa shape index (κ2) is 18.6. The van der Waals surface area contributed by atoms with Gasteiger partial charge in [-0.15, -0.1) is 11.3 Å². The van der Waals surface area contributed by atoms with E-state index in [1.165, 1.54) is 18.3 Å². The third-order valence-corrected chi connectivity index (χ3v) is 11.0. The molecule has 0 bridgehead atoms. The first-order chi connectivity index (χ1) is 24.3. The number of aliphatic carboxylic acids is 1. The lowest BCUT2D eigenvalue weighted by atomic mass is 9.95. The fraction of sp³-hybridized carbons (Fsp3) is 0.632. The summed E-state index contributed by atoms with van der Waals surface area (Å²) in [5.74, 6) is -2.77. The molecule has 1 aromatic heterocycles. The van der Waals surface area contributed by atoms with Crippen molar-refractivity contribution in [2.75, 3.05) is 20.1 Å². The summed E-state index contributed by atoms with van der Waals surface area (Å²) >= 11 is 1.19. The summed E-state index contributed by atoms with van der Waals surface area (Å²) in [6.07, 6.45) is 4.70. The van der Waals surface area contributed by atoms with Crippen LogP contribution in [0.4, 0.5) is 0 Å². The number of ether oxygens (including phenoxy) is 1. The van der Waals surface area contributed by atoms with Crippen molar-refractivity contribution in [2.24, 2.45) is 17.8 Å². The molecule has 6 atom stereocenters. The first-order valence-corrected chi connectivity index (χ1v) is 19.2. The molecule has 0 radical (unpaired) electrons. The van der Waals surface area contributed by atoms with Gasteiger partial charge in [0.2, 0.25) is 11.8 Å². The standard InChI is InChI=1S/C38H55N5O7S/c1-7-43-18-12-11-15-30(43)35(46)41-33(27-16-17-27)37(47)42(6)31(23(2)3)21-32(50-25(5)44)36-40-29(22-51-36)34(45)39-28(19-24(4)38(48)49)20-26-13-9-8-10-14-26/h8-10,13-14,22-24,27-28,30-33H,7,11-12,15-21H2,1-6H3,(H,39,45)(H,41,46)(H,48,49)/t24-,28+,30+,31+,32+,33-/m0/s1. The van der Waals surface area contributed by atoms with Gasteiger partial charge in [-0.1, -0.05) is 64.4 Å². The van der Waals surface area contributed by atoms with E-state index in [1.807, 2.05) is 44.2 Å². The zero-order valence-corrected chi connectivity index (χ0v) is 31.6. The highest BCUT2D eigenvalue weighted by atomic mass is 32.1. The van der Waals surface area contributed by atoms with Crippen molar-refractivity contribution in [1.29, 1.82) is 0 Å². The van der Waals surface area contributed by atoms with Crippen molar-refractivity contribution in [2.45, 2.75) is 116 Å². The fourth-order valence-corrected chi connectivity index (χ4v) is 7.86. The van der Waals surface area contributed by atoms with Crippen LogP contribution in [0.2, 0.25) is 0 Å². The number of likely N-dealkylation sites (N-methyl/N-ethyl adjacent to an activating group) is 2. The molecular weight excluding hydrogens is 671 g/mol. The summed E-state index contributed by atoms with van der Waals surface area (Å²) in [6, 6.07) is 7.87. The third kappa shape index (κ3) is 11.3. The van der Waals surface area contributed by atoms with Crippen LogP contribution in [-0.4, -0.2) is 93.9 Å². The highest BCUT2D eigenvalue weighted by molar-refractivity contribution is 7.09. The van der Waals surface area contributed by atoms with Gasteiger partial charge in [-0.05, 0) is 69.0 Å². The molecule has 3 amide bonds. The Balaban J connectivity index is 1.49. The summed E-state index contributed by atoms with van der Waals surface area (Å²) < 4.78 is 5.77. The minimum absolute atomic E-state index is 0.0285. The van der Waals surface area contributed by atoms with Gasteiger partial charge in [-0.2, -0.15) is 0 Å². The first kappa shape index (κ1) is 39.9. The summed E-state index contributed by atoms with van der Waals surface area (Å²) in [7, 11) is 1.74. The Hall–Kier alpha value is -3.84. The summed E-state index contributed by atoms with van der Waals surface area (Å²) in [5, 5.41) is 17.6.